The van der Waals surface area contributed by atoms with E-state index in [-0.39, 0.29) is 16.9 Å². The van der Waals surface area contributed by atoms with Crippen LogP contribution >= 0.6 is 12.2 Å². The van der Waals surface area contributed by atoms with Crippen LogP contribution in [0.3, 0.4) is 0 Å². The molecular weight excluding hydrogens is 402 g/mol. The van der Waals surface area contributed by atoms with Gasteiger partial charge >= 0.3 is 0 Å². The van der Waals surface area contributed by atoms with Crippen molar-refractivity contribution in [1.29, 1.82) is 0 Å². The Morgan fingerprint density at radius 1 is 1.03 bits per heavy atom. The molecule has 0 saturated carbocycles. The Bertz CT molecular complexity index is 869. The molecule has 0 aliphatic carbocycles. The summed E-state index contributed by atoms with van der Waals surface area (Å²) < 4.78 is 10.6. The summed E-state index contributed by atoms with van der Waals surface area (Å²) in [4.78, 5) is 24.8. The van der Waals surface area contributed by atoms with Gasteiger partial charge in [0.2, 0.25) is 0 Å². The monoisotopic (exact) mass is 429 g/mol. The van der Waals surface area contributed by atoms with Gasteiger partial charge in [-0.1, -0.05) is 26.0 Å². The third kappa shape index (κ3) is 7.46. The van der Waals surface area contributed by atoms with E-state index in [0.29, 0.717) is 48.2 Å². The second-order valence-electron chi connectivity index (χ2n) is 6.93. The molecule has 2 aromatic carbocycles. The smallest absolute Gasteiger partial charge is 0.257 e. The van der Waals surface area contributed by atoms with Gasteiger partial charge in [0.05, 0.1) is 24.5 Å². The predicted molar refractivity (Wildman–Crippen MR) is 121 cm³/mol. The Morgan fingerprint density at radius 2 is 1.73 bits per heavy atom. The molecule has 0 aromatic heterocycles. The van der Waals surface area contributed by atoms with Crippen LogP contribution in [0.5, 0.6) is 5.75 Å². The van der Waals surface area contributed by atoms with E-state index in [1.165, 1.54) is 0 Å². The normalized spacial score (nSPS) is 10.4. The molecular formula is C22H27N3O4S. The molecule has 2 aromatic rings. The van der Waals surface area contributed by atoms with Gasteiger partial charge in [0.25, 0.3) is 11.8 Å². The number of anilines is 1. The molecule has 0 unspecified atom stereocenters. The van der Waals surface area contributed by atoms with Crippen molar-refractivity contribution in [2.75, 3.05) is 32.2 Å². The number of hydrogen-bond acceptors (Lipinski definition) is 5. The minimum Gasteiger partial charge on any atom is -0.493 e. The maximum Gasteiger partial charge on any atom is 0.257 e. The molecule has 0 aliphatic heterocycles. The Balaban J connectivity index is 1.95. The van der Waals surface area contributed by atoms with Crippen LogP contribution < -0.4 is 20.7 Å². The van der Waals surface area contributed by atoms with Crippen molar-refractivity contribution in [1.82, 2.24) is 10.6 Å². The van der Waals surface area contributed by atoms with Crippen LogP contribution in [0.15, 0.2) is 48.5 Å². The second kappa shape index (κ2) is 11.9. The van der Waals surface area contributed by atoms with E-state index < -0.39 is 0 Å². The van der Waals surface area contributed by atoms with Gasteiger partial charge in [0.15, 0.2) is 5.11 Å². The molecule has 2 rings (SSSR count). The molecule has 0 radical (unpaired) electrons. The summed E-state index contributed by atoms with van der Waals surface area (Å²) in [5, 5.41) is 8.38. The van der Waals surface area contributed by atoms with Gasteiger partial charge < -0.3 is 20.1 Å². The second-order valence-corrected chi connectivity index (χ2v) is 7.34. The number of thiocarbonyl (C=S) groups is 1. The summed E-state index contributed by atoms with van der Waals surface area (Å²) in [6, 6.07) is 13.7. The lowest BCUT2D eigenvalue weighted by molar-refractivity contribution is 0.0936. The van der Waals surface area contributed by atoms with Crippen LogP contribution in [0, 0.1) is 5.92 Å². The summed E-state index contributed by atoms with van der Waals surface area (Å²) in [5.41, 5.74) is 1.36. The number of hydrogen-bond donors (Lipinski definition) is 3. The molecule has 0 atom stereocenters. The number of para-hydroxylation sites is 1. The van der Waals surface area contributed by atoms with Crippen LogP contribution in [0.1, 0.15) is 34.6 Å². The number of nitrogens with one attached hydrogen (secondary N) is 3. The van der Waals surface area contributed by atoms with E-state index in [1.807, 2.05) is 0 Å². The number of rotatable bonds is 9. The highest BCUT2D eigenvalue weighted by Gasteiger charge is 2.13. The zero-order valence-corrected chi connectivity index (χ0v) is 18.2. The maximum absolute atomic E-state index is 12.4. The standard InChI is InChI=1S/C22H27N3O4S/c1-15(2)14-29-17-10-8-16(9-11-17)20(26)25-22(30)24-19-7-5-4-6-18(19)21(27)23-12-13-28-3/h4-11,15H,12-14H2,1-3H3,(H,23,27)(H2,24,25,26,30). The molecule has 0 heterocycles. The summed E-state index contributed by atoms with van der Waals surface area (Å²) in [5.74, 6) is 0.502. The predicted octanol–water partition coefficient (Wildman–Crippen LogP) is 3.22. The van der Waals surface area contributed by atoms with Crippen molar-refractivity contribution >= 4 is 34.8 Å². The molecule has 160 valence electrons. The molecule has 7 nitrogen and oxygen atoms in total. The molecule has 0 spiro atoms. The molecule has 0 aliphatic rings. The first-order chi connectivity index (χ1) is 14.4. The van der Waals surface area contributed by atoms with Crippen molar-refractivity contribution in [2.45, 2.75) is 13.8 Å². The fourth-order valence-corrected chi connectivity index (χ4v) is 2.65. The van der Waals surface area contributed by atoms with Crippen LogP contribution in [-0.4, -0.2) is 43.8 Å². The maximum atomic E-state index is 12.4. The SMILES string of the molecule is COCCNC(=O)c1ccccc1NC(=S)NC(=O)c1ccc(OCC(C)C)cc1. The lowest BCUT2D eigenvalue weighted by atomic mass is 10.1. The first-order valence-corrected chi connectivity index (χ1v) is 10.0. The average Bonchev–Trinajstić information content (AvgIpc) is 2.73. The zero-order valence-electron chi connectivity index (χ0n) is 17.4. The fraction of sp³-hybridized carbons (Fsp3) is 0.318. The minimum absolute atomic E-state index is 0.0947. The third-order valence-electron chi connectivity index (χ3n) is 3.94. The number of ether oxygens (including phenoxy) is 2. The Morgan fingerprint density at radius 3 is 2.40 bits per heavy atom. The Labute approximate surface area is 182 Å². The largest absolute Gasteiger partial charge is 0.493 e. The number of carbonyl (C=O) groups is 2. The van der Waals surface area contributed by atoms with Gasteiger partial charge in [-0.25, -0.2) is 0 Å². The molecule has 8 heteroatoms. The highest BCUT2D eigenvalue weighted by molar-refractivity contribution is 7.80. The van der Waals surface area contributed by atoms with Crippen molar-refractivity contribution in [3.63, 3.8) is 0 Å². The number of methoxy groups -OCH3 is 1. The quantitative estimate of drug-likeness (QED) is 0.419. The number of amides is 2. The van der Waals surface area contributed by atoms with E-state index in [1.54, 1.807) is 55.6 Å². The first-order valence-electron chi connectivity index (χ1n) is 9.62. The minimum atomic E-state index is -0.357. The first kappa shape index (κ1) is 23.3. The number of benzene rings is 2. The molecule has 3 N–H and O–H groups in total. The molecule has 30 heavy (non-hydrogen) atoms. The molecule has 0 saturated heterocycles. The summed E-state index contributed by atoms with van der Waals surface area (Å²) in [7, 11) is 1.56. The zero-order chi connectivity index (χ0) is 21.9. The molecule has 0 bridgehead atoms. The van der Waals surface area contributed by atoms with E-state index in [0.717, 1.165) is 0 Å². The topological polar surface area (TPSA) is 88.7 Å². The summed E-state index contributed by atoms with van der Waals surface area (Å²) >= 11 is 5.24. The van der Waals surface area contributed by atoms with Crippen LogP contribution in [0.4, 0.5) is 5.69 Å². The highest BCUT2D eigenvalue weighted by atomic mass is 32.1. The van der Waals surface area contributed by atoms with Crippen molar-refractivity contribution in [2.24, 2.45) is 5.92 Å². The van der Waals surface area contributed by atoms with Gasteiger partial charge in [-0.15, -0.1) is 0 Å². The molecule has 0 fully saturated rings. The van der Waals surface area contributed by atoms with Crippen molar-refractivity contribution in [3.8, 4) is 5.75 Å². The van der Waals surface area contributed by atoms with E-state index >= 15 is 0 Å². The van der Waals surface area contributed by atoms with Gasteiger partial charge in [0, 0.05) is 19.2 Å². The number of carbonyl (C=O) groups excluding carboxylic acids is 2. The van der Waals surface area contributed by atoms with Crippen LogP contribution in [0.25, 0.3) is 0 Å². The van der Waals surface area contributed by atoms with Crippen LogP contribution in [-0.2, 0) is 4.74 Å². The van der Waals surface area contributed by atoms with Crippen LogP contribution in [0.2, 0.25) is 0 Å². The molecule has 2 amide bonds. The average molecular weight is 430 g/mol. The van der Waals surface area contributed by atoms with Gasteiger partial charge in [0.1, 0.15) is 5.75 Å². The van der Waals surface area contributed by atoms with E-state index in [9.17, 15) is 9.59 Å². The Kier molecular flexibility index (Phi) is 9.24. The fourth-order valence-electron chi connectivity index (χ4n) is 2.45. The Hall–Kier alpha value is -2.97. The van der Waals surface area contributed by atoms with E-state index in [2.05, 4.69) is 29.8 Å². The third-order valence-corrected chi connectivity index (χ3v) is 4.14. The van der Waals surface area contributed by atoms with E-state index in [4.69, 9.17) is 21.7 Å². The van der Waals surface area contributed by atoms with Crippen molar-refractivity contribution in [3.05, 3.63) is 59.7 Å². The summed E-state index contributed by atoms with van der Waals surface area (Å²) in [6.07, 6.45) is 0. The highest BCUT2D eigenvalue weighted by Crippen LogP contribution is 2.16. The van der Waals surface area contributed by atoms with Crippen molar-refractivity contribution < 1.29 is 19.1 Å². The van der Waals surface area contributed by atoms with Gasteiger partial charge in [-0.05, 0) is 54.5 Å². The summed E-state index contributed by atoms with van der Waals surface area (Å²) in [6.45, 7) is 5.55. The lowest BCUT2D eigenvalue weighted by Gasteiger charge is -2.14. The van der Waals surface area contributed by atoms with Gasteiger partial charge in [-0.2, -0.15) is 0 Å². The van der Waals surface area contributed by atoms with Gasteiger partial charge in [-0.3, -0.25) is 14.9 Å². The lowest BCUT2D eigenvalue weighted by Crippen LogP contribution is -2.35.